The number of carbonyl (C=O) groups excluding carboxylic acids is 1. The Bertz CT molecular complexity index is 409. The molecule has 1 aromatic rings. The van der Waals surface area contributed by atoms with E-state index in [1.54, 1.807) is 0 Å². The van der Waals surface area contributed by atoms with Crippen LogP contribution < -0.4 is 0 Å². The number of aryl methyl sites for hydroxylation is 1. The summed E-state index contributed by atoms with van der Waals surface area (Å²) in [6.07, 6.45) is 4.69. The lowest BCUT2D eigenvalue weighted by molar-refractivity contribution is -0.149. The molecule has 106 valence electrons. The van der Waals surface area contributed by atoms with Crippen LogP contribution in [0.2, 0.25) is 0 Å². The predicted octanol–water partition coefficient (Wildman–Crippen LogP) is 1.24. The monoisotopic (exact) mass is 265 g/mol. The number of piperidine rings is 1. The Labute approximate surface area is 114 Å². The first-order chi connectivity index (χ1) is 9.20. The molecule has 0 aromatic carbocycles. The van der Waals surface area contributed by atoms with E-state index >= 15 is 0 Å². The Kier molecular flexibility index (Phi) is 4.96. The van der Waals surface area contributed by atoms with Crippen LogP contribution in [0.4, 0.5) is 0 Å². The summed E-state index contributed by atoms with van der Waals surface area (Å²) in [4.78, 5) is 14.1. The number of rotatable bonds is 5. The van der Waals surface area contributed by atoms with E-state index in [9.17, 15) is 4.79 Å². The lowest BCUT2D eigenvalue weighted by Gasteiger charge is -2.30. The van der Waals surface area contributed by atoms with E-state index < -0.39 is 0 Å². The van der Waals surface area contributed by atoms with Crippen LogP contribution in [-0.4, -0.2) is 46.9 Å². The van der Waals surface area contributed by atoms with E-state index in [0.29, 0.717) is 6.61 Å². The summed E-state index contributed by atoms with van der Waals surface area (Å²) >= 11 is 0. The van der Waals surface area contributed by atoms with Crippen LogP contribution in [0.15, 0.2) is 12.3 Å². The molecule has 1 aromatic heterocycles. The van der Waals surface area contributed by atoms with Crippen LogP contribution in [0.25, 0.3) is 0 Å². The minimum atomic E-state index is -0.0196. The molecule has 19 heavy (non-hydrogen) atoms. The first-order valence-electron chi connectivity index (χ1n) is 7.06. The van der Waals surface area contributed by atoms with Gasteiger partial charge >= 0.3 is 5.97 Å². The third kappa shape index (κ3) is 3.80. The summed E-state index contributed by atoms with van der Waals surface area (Å²) in [5, 5.41) is 4.17. The van der Waals surface area contributed by atoms with Gasteiger partial charge in [-0.05, 0) is 38.9 Å². The molecule has 1 fully saturated rings. The maximum Gasteiger partial charge on any atom is 0.309 e. The Morgan fingerprint density at radius 1 is 1.47 bits per heavy atom. The number of ether oxygens (including phenoxy) is 1. The average Bonchev–Trinajstić information content (AvgIpc) is 2.83. The van der Waals surface area contributed by atoms with Gasteiger partial charge in [0.15, 0.2) is 0 Å². The van der Waals surface area contributed by atoms with Crippen molar-refractivity contribution in [2.75, 3.05) is 26.2 Å². The second-order valence-corrected chi connectivity index (χ2v) is 5.06. The number of nitrogens with zero attached hydrogens (tertiary/aromatic N) is 3. The fraction of sp³-hybridized carbons (Fsp3) is 0.714. The molecule has 0 N–H and O–H groups in total. The molecule has 0 spiro atoms. The minimum Gasteiger partial charge on any atom is -0.466 e. The first kappa shape index (κ1) is 14.1. The highest BCUT2D eigenvalue weighted by molar-refractivity contribution is 5.72. The van der Waals surface area contributed by atoms with Crippen LogP contribution >= 0.6 is 0 Å². The van der Waals surface area contributed by atoms with E-state index in [-0.39, 0.29) is 11.9 Å². The smallest absolute Gasteiger partial charge is 0.309 e. The van der Waals surface area contributed by atoms with Crippen molar-refractivity contribution in [2.24, 2.45) is 13.0 Å². The Balaban J connectivity index is 1.72. The third-order valence-electron chi connectivity index (χ3n) is 3.81. The van der Waals surface area contributed by atoms with Crippen molar-refractivity contribution in [2.45, 2.75) is 26.2 Å². The van der Waals surface area contributed by atoms with Crippen LogP contribution in [0.5, 0.6) is 0 Å². The second-order valence-electron chi connectivity index (χ2n) is 5.06. The predicted molar refractivity (Wildman–Crippen MR) is 72.7 cm³/mol. The standard InChI is InChI=1S/C14H23N3O2/c1-3-19-14(18)12-5-9-17(10-6-12)11-7-13-4-8-15-16(13)2/h4,8,12H,3,5-7,9-11H2,1-2H3. The van der Waals surface area contributed by atoms with Crippen molar-refractivity contribution >= 4 is 5.97 Å². The van der Waals surface area contributed by atoms with Gasteiger partial charge in [0.1, 0.15) is 0 Å². The third-order valence-corrected chi connectivity index (χ3v) is 3.81. The van der Waals surface area contributed by atoms with Gasteiger partial charge in [-0.2, -0.15) is 5.10 Å². The molecule has 0 aliphatic carbocycles. The fourth-order valence-electron chi connectivity index (χ4n) is 2.57. The van der Waals surface area contributed by atoms with Gasteiger partial charge in [-0.1, -0.05) is 0 Å². The largest absolute Gasteiger partial charge is 0.466 e. The molecule has 0 atom stereocenters. The zero-order chi connectivity index (χ0) is 13.7. The van der Waals surface area contributed by atoms with Crippen molar-refractivity contribution in [3.05, 3.63) is 18.0 Å². The normalized spacial score (nSPS) is 17.6. The highest BCUT2D eigenvalue weighted by Gasteiger charge is 2.25. The van der Waals surface area contributed by atoms with Gasteiger partial charge in [0.25, 0.3) is 0 Å². The number of esters is 1. The molecule has 2 rings (SSSR count). The summed E-state index contributed by atoms with van der Waals surface area (Å²) in [5.74, 6) is 0.0849. The molecule has 5 heteroatoms. The molecule has 0 bridgehead atoms. The van der Waals surface area contributed by atoms with E-state index in [1.165, 1.54) is 5.69 Å². The van der Waals surface area contributed by atoms with E-state index in [1.807, 2.05) is 24.9 Å². The molecular formula is C14H23N3O2. The van der Waals surface area contributed by atoms with Crippen molar-refractivity contribution < 1.29 is 9.53 Å². The quantitative estimate of drug-likeness (QED) is 0.752. The van der Waals surface area contributed by atoms with Gasteiger partial charge in [0.2, 0.25) is 0 Å². The summed E-state index contributed by atoms with van der Waals surface area (Å²) in [7, 11) is 1.97. The molecule has 1 aliphatic heterocycles. The van der Waals surface area contributed by atoms with Crippen molar-refractivity contribution in [3.8, 4) is 0 Å². The molecule has 1 aliphatic rings. The molecule has 1 saturated heterocycles. The van der Waals surface area contributed by atoms with Crippen molar-refractivity contribution in [1.29, 1.82) is 0 Å². The molecule has 5 nitrogen and oxygen atoms in total. The van der Waals surface area contributed by atoms with E-state index in [0.717, 1.165) is 38.9 Å². The fourth-order valence-corrected chi connectivity index (χ4v) is 2.57. The maximum atomic E-state index is 11.6. The Hall–Kier alpha value is -1.36. The number of carbonyl (C=O) groups is 1. The van der Waals surface area contributed by atoms with Gasteiger partial charge in [0.05, 0.1) is 12.5 Å². The van der Waals surface area contributed by atoms with Gasteiger partial charge in [0, 0.05) is 31.9 Å². The zero-order valence-electron chi connectivity index (χ0n) is 11.8. The summed E-state index contributed by atoms with van der Waals surface area (Å²) in [6, 6.07) is 2.06. The van der Waals surface area contributed by atoms with Crippen LogP contribution in [0, 0.1) is 5.92 Å². The lowest BCUT2D eigenvalue weighted by atomic mass is 9.97. The number of hydrogen-bond acceptors (Lipinski definition) is 4. The topological polar surface area (TPSA) is 47.4 Å². The van der Waals surface area contributed by atoms with Crippen LogP contribution in [0.3, 0.4) is 0 Å². The van der Waals surface area contributed by atoms with Crippen LogP contribution in [-0.2, 0) is 23.0 Å². The number of hydrogen-bond donors (Lipinski definition) is 0. The highest BCUT2D eigenvalue weighted by atomic mass is 16.5. The van der Waals surface area contributed by atoms with Gasteiger partial charge < -0.3 is 9.64 Å². The first-order valence-corrected chi connectivity index (χ1v) is 7.06. The summed E-state index contributed by atoms with van der Waals surface area (Å²) < 4.78 is 7.00. The van der Waals surface area contributed by atoms with Gasteiger partial charge in [-0.25, -0.2) is 0 Å². The molecular weight excluding hydrogens is 242 g/mol. The molecule has 0 radical (unpaired) electrons. The van der Waals surface area contributed by atoms with E-state index in [4.69, 9.17) is 4.74 Å². The zero-order valence-corrected chi connectivity index (χ0v) is 11.8. The molecule has 2 heterocycles. The SMILES string of the molecule is CCOC(=O)C1CCN(CCc2ccnn2C)CC1. The maximum absolute atomic E-state index is 11.6. The number of aromatic nitrogens is 2. The summed E-state index contributed by atoms with van der Waals surface area (Å²) in [5.41, 5.74) is 1.26. The van der Waals surface area contributed by atoms with Gasteiger partial charge in [-0.3, -0.25) is 9.48 Å². The Morgan fingerprint density at radius 3 is 2.79 bits per heavy atom. The lowest BCUT2D eigenvalue weighted by Crippen LogP contribution is -2.38. The molecule has 0 unspecified atom stereocenters. The second kappa shape index (κ2) is 6.70. The molecule has 0 saturated carbocycles. The van der Waals surface area contributed by atoms with E-state index in [2.05, 4.69) is 16.1 Å². The number of likely N-dealkylation sites (tertiary alicyclic amines) is 1. The molecule has 0 amide bonds. The van der Waals surface area contributed by atoms with Crippen molar-refractivity contribution in [1.82, 2.24) is 14.7 Å². The van der Waals surface area contributed by atoms with Crippen LogP contribution in [0.1, 0.15) is 25.5 Å². The highest BCUT2D eigenvalue weighted by Crippen LogP contribution is 2.18. The van der Waals surface area contributed by atoms with Gasteiger partial charge in [-0.15, -0.1) is 0 Å². The van der Waals surface area contributed by atoms with Crippen molar-refractivity contribution in [3.63, 3.8) is 0 Å². The average molecular weight is 265 g/mol. The Morgan fingerprint density at radius 2 is 2.21 bits per heavy atom. The minimum absolute atomic E-state index is 0.0196. The summed E-state index contributed by atoms with van der Waals surface area (Å²) in [6.45, 7) is 5.36.